The molecule has 142 valence electrons. The zero-order chi connectivity index (χ0) is 19.0. The van der Waals surface area contributed by atoms with E-state index < -0.39 is 11.9 Å². The molecule has 2 amide bonds. The second-order valence-corrected chi connectivity index (χ2v) is 7.57. The number of hydrogen-bond acceptors (Lipinski definition) is 6. The van der Waals surface area contributed by atoms with E-state index in [0.717, 1.165) is 30.6 Å². The highest BCUT2D eigenvalue weighted by Gasteiger charge is 2.54. The number of primary amides is 1. The van der Waals surface area contributed by atoms with Gasteiger partial charge in [0.05, 0.1) is 12.2 Å². The van der Waals surface area contributed by atoms with Gasteiger partial charge in [-0.05, 0) is 41.6 Å². The SMILES string of the molecule is NC(=O)[C@@H]1CCC[N+]1(Cc1cc(Cl)ccc1-n1cnnn1)C(=O)C1CCN1. The third-order valence-electron chi connectivity index (χ3n) is 5.61. The highest BCUT2D eigenvalue weighted by molar-refractivity contribution is 6.30. The Hall–Kier alpha value is -2.36. The number of nitrogens with zero attached hydrogens (tertiary/aromatic N) is 5. The lowest BCUT2D eigenvalue weighted by atomic mass is 10.0. The summed E-state index contributed by atoms with van der Waals surface area (Å²) in [6.07, 6.45) is 3.64. The average Bonchev–Trinajstić information content (AvgIpc) is 3.23. The van der Waals surface area contributed by atoms with Crippen LogP contribution in [0.2, 0.25) is 5.02 Å². The van der Waals surface area contributed by atoms with Crippen LogP contribution >= 0.6 is 11.6 Å². The first-order valence-electron chi connectivity index (χ1n) is 8.97. The molecule has 4 rings (SSSR count). The van der Waals surface area contributed by atoms with E-state index in [4.69, 9.17) is 17.3 Å². The number of rotatable bonds is 5. The second kappa shape index (κ2) is 6.99. The van der Waals surface area contributed by atoms with Gasteiger partial charge in [-0.15, -0.1) is 5.10 Å². The first-order chi connectivity index (χ1) is 13.0. The first-order valence-corrected chi connectivity index (χ1v) is 9.35. The molecule has 0 bridgehead atoms. The zero-order valence-corrected chi connectivity index (χ0v) is 15.5. The van der Waals surface area contributed by atoms with Crippen LogP contribution in [0.1, 0.15) is 24.8 Å². The van der Waals surface area contributed by atoms with Crippen LogP contribution in [-0.2, 0) is 16.1 Å². The number of nitrogens with two attached hydrogens (primary N) is 1. The number of halogens is 1. The third-order valence-corrected chi connectivity index (χ3v) is 5.85. The van der Waals surface area contributed by atoms with Crippen LogP contribution < -0.4 is 11.1 Å². The Kier molecular flexibility index (Phi) is 4.67. The molecule has 2 fully saturated rings. The normalized spacial score (nSPS) is 27.3. The predicted octanol–water partition coefficient (Wildman–Crippen LogP) is 0.169. The maximum Gasteiger partial charge on any atom is 0.331 e. The molecule has 0 saturated carbocycles. The van der Waals surface area contributed by atoms with Crippen LogP contribution in [0.4, 0.5) is 0 Å². The Morgan fingerprint density at radius 3 is 2.81 bits per heavy atom. The van der Waals surface area contributed by atoms with Crippen molar-refractivity contribution in [2.45, 2.75) is 37.9 Å². The van der Waals surface area contributed by atoms with Gasteiger partial charge in [-0.3, -0.25) is 4.79 Å². The molecule has 0 aliphatic carbocycles. The minimum Gasteiger partial charge on any atom is -0.364 e. The van der Waals surface area contributed by atoms with Crippen molar-refractivity contribution in [1.29, 1.82) is 0 Å². The molecular formula is C17H21ClN7O2+. The Morgan fingerprint density at radius 1 is 1.37 bits per heavy atom. The fraction of sp³-hybridized carbons (Fsp3) is 0.471. The van der Waals surface area contributed by atoms with Gasteiger partial charge in [0, 0.05) is 23.4 Å². The van der Waals surface area contributed by atoms with Crippen molar-refractivity contribution < 1.29 is 14.1 Å². The van der Waals surface area contributed by atoms with E-state index >= 15 is 0 Å². The van der Waals surface area contributed by atoms with Gasteiger partial charge >= 0.3 is 5.91 Å². The molecule has 2 unspecified atom stereocenters. The Labute approximate surface area is 161 Å². The average molecular weight is 391 g/mol. The zero-order valence-electron chi connectivity index (χ0n) is 14.7. The molecule has 2 aliphatic heterocycles. The van der Waals surface area contributed by atoms with Gasteiger partial charge in [0.2, 0.25) is 0 Å². The van der Waals surface area contributed by atoms with Gasteiger partial charge < -0.3 is 11.1 Å². The molecule has 0 spiro atoms. The number of hydrogen-bond donors (Lipinski definition) is 2. The molecule has 3 atom stereocenters. The van der Waals surface area contributed by atoms with Crippen LogP contribution in [0.15, 0.2) is 24.5 Å². The van der Waals surface area contributed by atoms with E-state index in [1.807, 2.05) is 6.07 Å². The minimum atomic E-state index is -0.541. The number of aromatic nitrogens is 4. The van der Waals surface area contributed by atoms with Gasteiger partial charge in [-0.25, -0.2) is 14.0 Å². The van der Waals surface area contributed by atoms with Crippen molar-refractivity contribution in [2.24, 2.45) is 5.73 Å². The number of amides is 2. The topological polar surface area (TPSA) is 116 Å². The number of nitrogens with one attached hydrogen (secondary N) is 1. The van der Waals surface area contributed by atoms with Crippen LogP contribution in [0, 0.1) is 0 Å². The number of tetrazole rings is 1. The predicted molar refractivity (Wildman–Crippen MR) is 96.6 cm³/mol. The van der Waals surface area contributed by atoms with Crippen molar-refractivity contribution in [3.63, 3.8) is 0 Å². The van der Waals surface area contributed by atoms with Crippen molar-refractivity contribution >= 4 is 23.4 Å². The Balaban J connectivity index is 1.78. The monoisotopic (exact) mass is 390 g/mol. The summed E-state index contributed by atoms with van der Waals surface area (Å²) in [6.45, 7) is 1.71. The lowest BCUT2D eigenvalue weighted by molar-refractivity contribution is -0.871. The Bertz CT molecular complexity index is 868. The lowest BCUT2D eigenvalue weighted by Gasteiger charge is -2.41. The van der Waals surface area contributed by atoms with Gasteiger partial charge in [0.1, 0.15) is 18.9 Å². The molecule has 27 heavy (non-hydrogen) atoms. The fourth-order valence-corrected chi connectivity index (χ4v) is 4.37. The van der Waals surface area contributed by atoms with E-state index in [-0.39, 0.29) is 16.4 Å². The van der Waals surface area contributed by atoms with E-state index in [0.29, 0.717) is 24.5 Å². The third kappa shape index (κ3) is 3.11. The summed E-state index contributed by atoms with van der Waals surface area (Å²) in [5.41, 5.74) is 7.23. The van der Waals surface area contributed by atoms with Crippen LogP contribution in [-0.4, -0.2) is 61.7 Å². The molecule has 2 aliphatic rings. The van der Waals surface area contributed by atoms with Crippen molar-refractivity contribution in [2.75, 3.05) is 13.1 Å². The van der Waals surface area contributed by atoms with Crippen molar-refractivity contribution in [1.82, 2.24) is 25.5 Å². The molecule has 3 N–H and O–H groups in total. The summed E-state index contributed by atoms with van der Waals surface area (Å²) < 4.78 is 1.55. The van der Waals surface area contributed by atoms with E-state index in [1.54, 1.807) is 12.1 Å². The molecule has 1 aromatic carbocycles. The van der Waals surface area contributed by atoms with Crippen molar-refractivity contribution in [3.8, 4) is 5.69 Å². The molecular weight excluding hydrogens is 370 g/mol. The molecule has 0 radical (unpaired) electrons. The number of likely N-dealkylation sites (tertiary alicyclic amines) is 1. The largest absolute Gasteiger partial charge is 0.364 e. The summed E-state index contributed by atoms with van der Waals surface area (Å²) in [5.74, 6) is -0.420. The van der Waals surface area contributed by atoms with Crippen LogP contribution in [0.3, 0.4) is 0 Å². The highest BCUT2D eigenvalue weighted by Crippen LogP contribution is 2.34. The molecule has 2 aromatic rings. The molecule has 2 saturated heterocycles. The second-order valence-electron chi connectivity index (χ2n) is 7.14. The first kappa shape index (κ1) is 18.0. The molecule has 10 heteroatoms. The smallest absolute Gasteiger partial charge is 0.331 e. The van der Waals surface area contributed by atoms with E-state index in [9.17, 15) is 9.59 Å². The number of carbonyl (C=O) groups is 2. The summed E-state index contributed by atoms with van der Waals surface area (Å²) in [4.78, 5) is 25.6. The van der Waals surface area contributed by atoms with Crippen molar-refractivity contribution in [3.05, 3.63) is 35.1 Å². The summed E-state index contributed by atoms with van der Waals surface area (Å²) >= 11 is 6.23. The van der Waals surface area contributed by atoms with Gasteiger partial charge in [0.15, 0.2) is 6.04 Å². The van der Waals surface area contributed by atoms with E-state index in [1.165, 1.54) is 11.0 Å². The standard InChI is InChI=1S/C17H20ClN7O2/c18-12-3-4-14(24-10-21-22-23-24)11(8-12)9-25(17(27)13-5-6-20-13)7-1-2-15(25)16(19)26/h3-4,8,10,13,15,20H,1-2,5-7,9H2,(H-,19,26)/p+1/t13?,15-,25?/m0/s1. The van der Waals surface area contributed by atoms with Crippen LogP contribution in [0.25, 0.3) is 5.69 Å². The lowest BCUT2D eigenvalue weighted by Crippen LogP contribution is -2.67. The fourth-order valence-electron chi connectivity index (χ4n) is 4.18. The van der Waals surface area contributed by atoms with Gasteiger partial charge in [-0.2, -0.15) is 0 Å². The van der Waals surface area contributed by atoms with Gasteiger partial charge in [0.25, 0.3) is 5.91 Å². The number of quaternary nitrogens is 1. The summed E-state index contributed by atoms with van der Waals surface area (Å²) in [6, 6.07) is 4.58. The molecule has 1 aromatic heterocycles. The van der Waals surface area contributed by atoms with Gasteiger partial charge in [-0.1, -0.05) is 11.6 Å². The Morgan fingerprint density at radius 2 is 2.19 bits per heavy atom. The highest BCUT2D eigenvalue weighted by atomic mass is 35.5. The number of benzene rings is 1. The maximum atomic E-state index is 13.4. The van der Waals surface area contributed by atoms with Crippen LogP contribution in [0.5, 0.6) is 0 Å². The molecule has 3 heterocycles. The quantitative estimate of drug-likeness (QED) is 0.703. The molecule has 9 nitrogen and oxygen atoms in total. The summed E-state index contributed by atoms with van der Waals surface area (Å²) in [7, 11) is 0. The summed E-state index contributed by atoms with van der Waals surface area (Å²) in [5, 5.41) is 15.0. The maximum absolute atomic E-state index is 13.4. The number of carbonyl (C=O) groups excluding carboxylic acids is 2. The van der Waals surface area contributed by atoms with E-state index in [2.05, 4.69) is 20.8 Å². The minimum absolute atomic E-state index is 0.0163.